The van der Waals surface area contributed by atoms with Gasteiger partial charge >= 0.3 is 11.9 Å². The minimum Gasteiger partial charge on any atom is -0.507 e. The lowest BCUT2D eigenvalue weighted by Crippen LogP contribution is -2.29. The largest absolute Gasteiger partial charge is 0.507 e. The van der Waals surface area contributed by atoms with Crippen LogP contribution in [0.25, 0.3) is 5.76 Å². The Morgan fingerprint density at radius 1 is 1.26 bits per heavy atom. The number of aliphatic hydroxyl groups is 1. The molecule has 2 aromatic heterocycles. The molecule has 1 atom stereocenters. The Kier molecular flexibility index (Phi) is 5.15. The van der Waals surface area contributed by atoms with E-state index in [9.17, 15) is 23.9 Å². The summed E-state index contributed by atoms with van der Waals surface area (Å²) in [5.41, 5.74) is 0.242. The fourth-order valence-corrected chi connectivity index (χ4v) is 4.29. The normalized spacial score (nSPS) is 17.9. The van der Waals surface area contributed by atoms with Crippen LogP contribution in [0.5, 0.6) is 0 Å². The number of aliphatic hydroxyl groups excluding tert-OH is 1. The van der Waals surface area contributed by atoms with Crippen LogP contribution < -0.4 is 4.90 Å². The third-order valence-electron chi connectivity index (χ3n) is 4.74. The highest BCUT2D eigenvalue weighted by atomic mass is 32.1. The van der Waals surface area contributed by atoms with Crippen molar-refractivity contribution in [3.8, 4) is 0 Å². The average Bonchev–Trinajstić information content (AvgIpc) is 3.47. The lowest BCUT2D eigenvalue weighted by molar-refractivity contribution is -0.132. The Hall–Kier alpha value is -3.79. The van der Waals surface area contributed by atoms with Gasteiger partial charge in [0.2, 0.25) is 0 Å². The number of anilines is 1. The number of hydrogen-bond acceptors (Lipinski definition) is 8. The van der Waals surface area contributed by atoms with Gasteiger partial charge in [-0.15, -0.1) is 0 Å². The second-order valence-electron chi connectivity index (χ2n) is 6.59. The summed E-state index contributed by atoms with van der Waals surface area (Å²) in [7, 11) is 1.22. The first-order valence-corrected chi connectivity index (χ1v) is 9.81. The summed E-state index contributed by atoms with van der Waals surface area (Å²) in [6.45, 7) is 1.57. The van der Waals surface area contributed by atoms with Crippen molar-refractivity contribution in [2.75, 3.05) is 12.0 Å². The summed E-state index contributed by atoms with van der Waals surface area (Å²) in [5.74, 6) is -3.34. The molecule has 3 aromatic rings. The Labute approximate surface area is 179 Å². The molecule has 1 aromatic carbocycles. The number of aryl methyl sites for hydroxylation is 1. The Morgan fingerprint density at radius 3 is 2.58 bits per heavy atom. The molecule has 8 nitrogen and oxygen atoms in total. The van der Waals surface area contributed by atoms with Crippen molar-refractivity contribution in [1.82, 2.24) is 4.98 Å². The van der Waals surface area contributed by atoms with Crippen molar-refractivity contribution < 1.29 is 33.0 Å². The van der Waals surface area contributed by atoms with Gasteiger partial charge in [0.15, 0.2) is 5.13 Å². The number of furan rings is 1. The maximum absolute atomic E-state index is 13.3. The van der Waals surface area contributed by atoms with Crippen LogP contribution in [0.4, 0.5) is 9.52 Å². The van der Waals surface area contributed by atoms with Gasteiger partial charge in [-0.1, -0.05) is 11.3 Å². The Bertz CT molecular complexity index is 1210. The molecule has 0 radical (unpaired) electrons. The van der Waals surface area contributed by atoms with Crippen molar-refractivity contribution in [2.45, 2.75) is 13.0 Å². The lowest BCUT2D eigenvalue weighted by atomic mass is 9.99. The number of aromatic nitrogens is 1. The van der Waals surface area contributed by atoms with E-state index in [0.717, 1.165) is 28.4 Å². The molecule has 31 heavy (non-hydrogen) atoms. The maximum atomic E-state index is 13.3. The SMILES string of the molecule is COC(=O)c1sc(N2C(=O)C(=O)C(=C(O)c3ccc(F)cc3)C2c2ccco2)nc1C. The molecule has 0 bridgehead atoms. The van der Waals surface area contributed by atoms with E-state index in [1.54, 1.807) is 19.1 Å². The summed E-state index contributed by atoms with van der Waals surface area (Å²) in [5, 5.41) is 10.9. The molecule has 158 valence electrons. The number of Topliss-reactive ketones (excluding diaryl/α,β-unsaturated/α-hetero) is 1. The predicted molar refractivity (Wildman–Crippen MR) is 108 cm³/mol. The van der Waals surface area contributed by atoms with Gasteiger partial charge in [-0.05, 0) is 43.3 Å². The van der Waals surface area contributed by atoms with E-state index >= 15 is 0 Å². The number of ketones is 1. The highest BCUT2D eigenvalue weighted by Gasteiger charge is 2.49. The molecular weight excluding hydrogens is 427 g/mol. The third kappa shape index (κ3) is 3.40. The van der Waals surface area contributed by atoms with Crippen LogP contribution in [-0.2, 0) is 14.3 Å². The molecule has 1 fully saturated rings. The van der Waals surface area contributed by atoms with Crippen molar-refractivity contribution in [3.05, 3.63) is 75.9 Å². The molecule has 0 spiro atoms. The van der Waals surface area contributed by atoms with Crippen molar-refractivity contribution in [3.63, 3.8) is 0 Å². The van der Waals surface area contributed by atoms with Crippen LogP contribution in [0.2, 0.25) is 0 Å². The standard InChI is InChI=1S/C21H15FN2O6S/c1-10-18(20(28)29-2)31-21(23-10)24-15(13-4-3-9-30-13)14(17(26)19(24)27)16(25)11-5-7-12(22)8-6-11/h3-9,15,25H,1-2H3. The molecule has 1 aliphatic rings. The second-order valence-corrected chi connectivity index (χ2v) is 7.57. The zero-order chi connectivity index (χ0) is 22.3. The smallest absolute Gasteiger partial charge is 0.350 e. The number of ether oxygens (including phenoxy) is 1. The minimum absolute atomic E-state index is 0.0690. The monoisotopic (exact) mass is 442 g/mol. The van der Waals surface area contributed by atoms with Gasteiger partial charge in [0, 0.05) is 5.56 Å². The van der Waals surface area contributed by atoms with E-state index in [-0.39, 0.29) is 26.9 Å². The zero-order valence-electron chi connectivity index (χ0n) is 16.3. The Balaban J connectivity index is 1.90. The molecule has 0 saturated carbocycles. The molecule has 1 saturated heterocycles. The van der Waals surface area contributed by atoms with Gasteiger partial charge in [-0.3, -0.25) is 14.5 Å². The number of hydrogen-bond donors (Lipinski definition) is 1. The van der Waals surface area contributed by atoms with E-state index in [1.165, 1.54) is 25.5 Å². The highest BCUT2D eigenvalue weighted by molar-refractivity contribution is 7.17. The summed E-state index contributed by atoms with van der Waals surface area (Å²) < 4.78 is 23.5. The molecule has 1 aliphatic heterocycles. The summed E-state index contributed by atoms with van der Waals surface area (Å²) >= 11 is 0.880. The van der Waals surface area contributed by atoms with Gasteiger partial charge in [0.25, 0.3) is 5.78 Å². The van der Waals surface area contributed by atoms with E-state index < -0.39 is 35.3 Å². The molecule has 0 aliphatic carbocycles. The number of methoxy groups -OCH3 is 1. The summed E-state index contributed by atoms with van der Waals surface area (Å²) in [4.78, 5) is 43.4. The van der Waals surface area contributed by atoms with Crippen LogP contribution >= 0.6 is 11.3 Å². The number of rotatable bonds is 4. The first-order valence-electron chi connectivity index (χ1n) is 8.99. The van der Waals surface area contributed by atoms with E-state index in [0.29, 0.717) is 5.69 Å². The maximum Gasteiger partial charge on any atom is 0.350 e. The fourth-order valence-electron chi connectivity index (χ4n) is 3.28. The molecule has 1 N–H and O–H groups in total. The van der Waals surface area contributed by atoms with E-state index in [2.05, 4.69) is 4.98 Å². The first kappa shape index (κ1) is 20.5. The number of carbonyl (C=O) groups excluding carboxylic acids is 3. The van der Waals surface area contributed by atoms with Crippen LogP contribution in [-0.4, -0.2) is 34.9 Å². The Morgan fingerprint density at radius 2 is 1.97 bits per heavy atom. The van der Waals surface area contributed by atoms with Gasteiger partial charge in [-0.25, -0.2) is 14.2 Å². The van der Waals surface area contributed by atoms with E-state index in [1.807, 2.05) is 0 Å². The van der Waals surface area contributed by atoms with Crippen molar-refractivity contribution >= 4 is 39.9 Å². The zero-order valence-corrected chi connectivity index (χ0v) is 17.1. The topological polar surface area (TPSA) is 110 Å². The molecule has 1 amide bonds. The first-order chi connectivity index (χ1) is 14.8. The lowest BCUT2D eigenvalue weighted by Gasteiger charge is -2.20. The average molecular weight is 442 g/mol. The molecule has 4 rings (SSSR count). The number of benzene rings is 1. The number of carbonyl (C=O) groups is 3. The highest BCUT2D eigenvalue weighted by Crippen LogP contribution is 2.44. The molecular formula is C21H15FN2O6S. The predicted octanol–water partition coefficient (Wildman–Crippen LogP) is 3.60. The molecule has 10 heteroatoms. The number of halogens is 1. The molecule has 3 heterocycles. The summed E-state index contributed by atoms with van der Waals surface area (Å²) in [6, 6.07) is 6.82. The van der Waals surface area contributed by atoms with E-state index in [4.69, 9.17) is 9.15 Å². The van der Waals surface area contributed by atoms with Crippen molar-refractivity contribution in [2.24, 2.45) is 0 Å². The van der Waals surface area contributed by atoms with Crippen LogP contribution in [0.3, 0.4) is 0 Å². The van der Waals surface area contributed by atoms with Crippen LogP contribution in [0.15, 0.2) is 52.7 Å². The molecule has 1 unspecified atom stereocenters. The number of nitrogens with zero attached hydrogens (tertiary/aromatic N) is 2. The number of esters is 1. The third-order valence-corrected chi connectivity index (χ3v) is 5.87. The minimum atomic E-state index is -1.13. The van der Waals surface area contributed by atoms with Gasteiger partial charge < -0.3 is 14.3 Å². The van der Waals surface area contributed by atoms with Gasteiger partial charge in [0.05, 0.1) is 24.6 Å². The van der Waals surface area contributed by atoms with Gasteiger partial charge in [-0.2, -0.15) is 0 Å². The van der Waals surface area contributed by atoms with Crippen LogP contribution in [0, 0.1) is 12.7 Å². The number of thiazole rings is 1. The quantitative estimate of drug-likeness (QED) is 0.285. The van der Waals surface area contributed by atoms with Gasteiger partial charge in [0.1, 0.15) is 28.3 Å². The van der Waals surface area contributed by atoms with Crippen molar-refractivity contribution in [1.29, 1.82) is 0 Å². The number of amides is 1. The fraction of sp³-hybridized carbons (Fsp3) is 0.143. The van der Waals surface area contributed by atoms with Crippen LogP contribution in [0.1, 0.15) is 32.7 Å². The second kappa shape index (κ2) is 7.80. The summed E-state index contributed by atoms with van der Waals surface area (Å²) in [6.07, 6.45) is 1.36.